The van der Waals surface area contributed by atoms with Gasteiger partial charge in [-0.05, 0) is 61.1 Å². The number of hydrogen-bond donors (Lipinski definition) is 1. The van der Waals surface area contributed by atoms with Gasteiger partial charge in [-0.15, -0.1) is 0 Å². The van der Waals surface area contributed by atoms with Gasteiger partial charge < -0.3 is 9.29 Å². The van der Waals surface area contributed by atoms with Crippen LogP contribution in [0.25, 0.3) is 0 Å². The average molecular weight is 521 g/mol. The largest absolute Gasteiger partial charge is 0.534 e. The first kappa shape index (κ1) is 26.1. The van der Waals surface area contributed by atoms with Crippen molar-refractivity contribution in [2.75, 3.05) is 6.54 Å². The molecule has 4 rings (SSSR count). The molecule has 0 amide bonds. The topological polar surface area (TPSA) is 79.7 Å². The van der Waals surface area contributed by atoms with E-state index < -0.39 is 21.7 Å². The Morgan fingerprint density at radius 3 is 2.53 bits per heavy atom. The van der Waals surface area contributed by atoms with Crippen LogP contribution in [0.3, 0.4) is 0 Å². The first-order valence-corrected chi connectivity index (χ1v) is 12.9. The number of pyridine rings is 1. The van der Waals surface area contributed by atoms with Crippen molar-refractivity contribution in [3.05, 3.63) is 94.8 Å². The van der Waals surface area contributed by atoms with Crippen LogP contribution in [0.1, 0.15) is 40.5 Å². The first-order valence-electron chi connectivity index (χ1n) is 11.5. The number of fused-ring (bicyclic) bond motifs is 1. The highest BCUT2D eigenvalue weighted by Gasteiger charge is 2.48. The number of rotatable bonds is 8. The normalized spacial score (nSPS) is 17.0. The average Bonchev–Trinajstić information content (AvgIpc) is 2.83. The maximum Gasteiger partial charge on any atom is 0.534 e. The molecule has 0 saturated carbocycles. The van der Waals surface area contributed by atoms with E-state index in [0.29, 0.717) is 31.5 Å². The van der Waals surface area contributed by atoms with E-state index in [-0.39, 0.29) is 11.8 Å². The number of aromatic nitrogens is 1. The van der Waals surface area contributed by atoms with Gasteiger partial charge in [-0.1, -0.05) is 42.5 Å². The molecule has 0 bridgehead atoms. The number of hydrogen-bond acceptors (Lipinski definition) is 6. The molecule has 36 heavy (non-hydrogen) atoms. The molecule has 0 fully saturated rings. The van der Waals surface area contributed by atoms with E-state index in [1.807, 2.05) is 49.4 Å². The fourth-order valence-corrected chi connectivity index (χ4v) is 4.87. The Morgan fingerprint density at radius 2 is 1.86 bits per heavy atom. The standard InChI is InChI=1S/C26H27F3N2O4S/c1-18-7-8-21(15-30-18)25(32)17-31(16-19-5-3-2-4-6-19)23-11-9-20-10-12-24(14-22(20)13-23)35-36(33,34)26(27,28)29/h2-8,10,12,14-15,23,25,32H,9,11,13,16-17H2,1H3/t23?,25-/m0/s1. The molecule has 1 heterocycles. The third kappa shape index (κ3) is 6.24. The van der Waals surface area contributed by atoms with E-state index in [9.17, 15) is 26.7 Å². The van der Waals surface area contributed by atoms with E-state index in [4.69, 9.17) is 0 Å². The minimum Gasteiger partial charge on any atom is -0.387 e. The summed E-state index contributed by atoms with van der Waals surface area (Å²) in [5.74, 6) is -0.368. The van der Waals surface area contributed by atoms with Gasteiger partial charge in [0.05, 0.1) is 6.10 Å². The van der Waals surface area contributed by atoms with Crippen LogP contribution in [0.4, 0.5) is 13.2 Å². The lowest BCUT2D eigenvalue weighted by molar-refractivity contribution is -0.0500. The van der Waals surface area contributed by atoms with E-state index in [1.54, 1.807) is 12.3 Å². The predicted molar refractivity (Wildman–Crippen MR) is 129 cm³/mol. The summed E-state index contributed by atoms with van der Waals surface area (Å²) in [5, 5.41) is 11.0. The lowest BCUT2D eigenvalue weighted by Gasteiger charge is -2.36. The molecule has 1 aromatic heterocycles. The second kappa shape index (κ2) is 10.6. The number of nitrogens with zero attached hydrogens (tertiary/aromatic N) is 2. The summed E-state index contributed by atoms with van der Waals surface area (Å²) in [6, 6.07) is 17.7. The number of aliphatic hydroxyl groups is 1. The number of alkyl halides is 3. The van der Waals surface area contributed by atoms with Crippen molar-refractivity contribution in [2.45, 2.75) is 50.4 Å². The quantitative estimate of drug-likeness (QED) is 0.342. The Bertz CT molecular complexity index is 1280. The summed E-state index contributed by atoms with van der Waals surface area (Å²) in [6.45, 7) is 2.77. The van der Waals surface area contributed by atoms with E-state index >= 15 is 0 Å². The van der Waals surface area contributed by atoms with Crippen molar-refractivity contribution in [3.8, 4) is 5.75 Å². The van der Waals surface area contributed by atoms with Gasteiger partial charge in [0.25, 0.3) is 0 Å². The number of aliphatic hydroxyl groups excluding tert-OH is 1. The van der Waals surface area contributed by atoms with Crippen LogP contribution >= 0.6 is 0 Å². The second-order valence-electron chi connectivity index (χ2n) is 8.97. The number of benzene rings is 2. The van der Waals surface area contributed by atoms with E-state index in [0.717, 1.165) is 28.8 Å². The van der Waals surface area contributed by atoms with Crippen molar-refractivity contribution < 1.29 is 30.9 Å². The van der Waals surface area contributed by atoms with Gasteiger partial charge in [0.15, 0.2) is 0 Å². The molecule has 0 spiro atoms. The summed E-state index contributed by atoms with van der Waals surface area (Å²) in [5.41, 5.74) is -1.23. The Labute approximate surface area is 208 Å². The predicted octanol–water partition coefficient (Wildman–Crippen LogP) is 4.71. The Balaban J connectivity index is 1.56. The summed E-state index contributed by atoms with van der Waals surface area (Å²) in [4.78, 5) is 6.42. The fourth-order valence-electron chi connectivity index (χ4n) is 4.42. The van der Waals surface area contributed by atoms with Gasteiger partial charge in [0.1, 0.15) is 5.75 Å². The molecule has 2 atom stereocenters. The zero-order valence-electron chi connectivity index (χ0n) is 19.6. The highest BCUT2D eigenvalue weighted by molar-refractivity contribution is 7.88. The molecule has 3 aromatic rings. The van der Waals surface area contributed by atoms with Gasteiger partial charge in [-0.3, -0.25) is 9.88 Å². The molecule has 10 heteroatoms. The first-order chi connectivity index (χ1) is 17.0. The van der Waals surface area contributed by atoms with Crippen molar-refractivity contribution >= 4 is 10.1 Å². The van der Waals surface area contributed by atoms with Crippen LogP contribution in [0, 0.1) is 6.92 Å². The Hall–Kier alpha value is -2.95. The minimum atomic E-state index is -5.75. The number of aryl methyl sites for hydroxylation is 2. The summed E-state index contributed by atoms with van der Waals surface area (Å²) in [6.07, 6.45) is 2.79. The smallest absolute Gasteiger partial charge is 0.387 e. The van der Waals surface area contributed by atoms with Gasteiger partial charge in [-0.25, -0.2) is 0 Å². The highest BCUT2D eigenvalue weighted by atomic mass is 32.2. The maximum absolute atomic E-state index is 12.8. The summed E-state index contributed by atoms with van der Waals surface area (Å²) in [7, 11) is -5.75. The van der Waals surface area contributed by atoms with Gasteiger partial charge in [-0.2, -0.15) is 21.6 Å². The molecule has 1 unspecified atom stereocenters. The monoisotopic (exact) mass is 520 g/mol. The van der Waals surface area contributed by atoms with Crippen molar-refractivity contribution in [1.29, 1.82) is 0 Å². The third-order valence-electron chi connectivity index (χ3n) is 6.34. The molecule has 1 aliphatic carbocycles. The lowest BCUT2D eigenvalue weighted by Crippen LogP contribution is -2.41. The fraction of sp³-hybridized carbons (Fsp3) is 0.346. The Kier molecular flexibility index (Phi) is 7.67. The molecule has 1 aliphatic rings. The molecule has 0 aliphatic heterocycles. The molecule has 2 aromatic carbocycles. The van der Waals surface area contributed by atoms with Gasteiger partial charge in [0.2, 0.25) is 0 Å². The molecule has 192 valence electrons. The number of halogens is 3. The molecule has 1 N–H and O–H groups in total. The van der Waals surface area contributed by atoms with Crippen molar-refractivity contribution in [3.63, 3.8) is 0 Å². The molecule has 0 saturated heterocycles. The van der Waals surface area contributed by atoms with Gasteiger partial charge in [0, 0.05) is 36.6 Å². The lowest BCUT2D eigenvalue weighted by atomic mass is 9.87. The maximum atomic E-state index is 12.8. The van der Waals surface area contributed by atoms with E-state index in [2.05, 4.69) is 14.1 Å². The van der Waals surface area contributed by atoms with Crippen LogP contribution in [0.15, 0.2) is 66.9 Å². The molecular formula is C26H27F3N2O4S. The van der Waals surface area contributed by atoms with Crippen LogP contribution < -0.4 is 4.18 Å². The Morgan fingerprint density at radius 1 is 1.11 bits per heavy atom. The minimum absolute atomic E-state index is 0.0276. The molecular weight excluding hydrogens is 493 g/mol. The molecule has 0 radical (unpaired) electrons. The SMILES string of the molecule is Cc1ccc([C@@H](O)CN(Cc2ccccc2)C2CCc3ccc(OS(=O)(=O)C(F)(F)F)cc3C2)cn1. The summed E-state index contributed by atoms with van der Waals surface area (Å²) < 4.78 is 65.6. The van der Waals surface area contributed by atoms with Crippen molar-refractivity contribution in [2.24, 2.45) is 0 Å². The molecule has 6 nitrogen and oxygen atoms in total. The zero-order valence-corrected chi connectivity index (χ0v) is 20.5. The van der Waals surface area contributed by atoms with Crippen LogP contribution in [0.2, 0.25) is 0 Å². The van der Waals surface area contributed by atoms with Crippen molar-refractivity contribution in [1.82, 2.24) is 9.88 Å². The zero-order chi connectivity index (χ0) is 25.9. The highest BCUT2D eigenvalue weighted by Crippen LogP contribution is 2.32. The summed E-state index contributed by atoms with van der Waals surface area (Å²) >= 11 is 0. The second-order valence-corrected chi connectivity index (χ2v) is 10.5. The third-order valence-corrected chi connectivity index (χ3v) is 7.32. The van der Waals surface area contributed by atoms with Gasteiger partial charge >= 0.3 is 15.6 Å². The van der Waals surface area contributed by atoms with Crippen LogP contribution in [-0.4, -0.2) is 41.5 Å². The van der Waals surface area contributed by atoms with E-state index in [1.165, 1.54) is 12.1 Å². The van der Waals surface area contributed by atoms with Crippen LogP contribution in [0.5, 0.6) is 5.75 Å². The van der Waals surface area contributed by atoms with Crippen LogP contribution in [-0.2, 0) is 29.5 Å².